The Hall–Kier alpha value is -1.11. The van der Waals surface area contributed by atoms with Crippen LogP contribution in [-0.4, -0.2) is 25.4 Å². The van der Waals surface area contributed by atoms with Gasteiger partial charge in [0.1, 0.15) is 0 Å². The summed E-state index contributed by atoms with van der Waals surface area (Å²) in [5.74, 6) is 0.263. The molecule has 0 N–H and O–H groups in total. The highest BCUT2D eigenvalue weighted by Gasteiger charge is 2.53. The zero-order valence-electron chi connectivity index (χ0n) is 9.06. The van der Waals surface area contributed by atoms with E-state index in [1.165, 1.54) is 0 Å². The van der Waals surface area contributed by atoms with E-state index in [4.69, 9.17) is 14.7 Å². The number of methoxy groups -OCH3 is 1. The summed E-state index contributed by atoms with van der Waals surface area (Å²) in [6.45, 7) is 2.72. The fourth-order valence-electron chi connectivity index (χ4n) is 2.42. The van der Waals surface area contributed by atoms with Crippen LogP contribution in [0, 0.1) is 17.2 Å². The predicted molar refractivity (Wildman–Crippen MR) is 56.1 cm³/mol. The third-order valence-electron chi connectivity index (χ3n) is 3.26. The van der Waals surface area contributed by atoms with Gasteiger partial charge in [0, 0.05) is 26.1 Å². The van der Waals surface area contributed by atoms with Crippen LogP contribution in [-0.2, 0) is 9.47 Å². The first kappa shape index (κ1) is 10.4. The Kier molecular flexibility index (Phi) is 2.64. The van der Waals surface area contributed by atoms with E-state index >= 15 is 0 Å². The summed E-state index contributed by atoms with van der Waals surface area (Å²) >= 11 is 0. The SMILES string of the molecule is CCOC1CC2(OC)C=C(C#N)C=CC12. The van der Waals surface area contributed by atoms with Gasteiger partial charge in [-0.2, -0.15) is 5.26 Å². The van der Waals surface area contributed by atoms with Crippen LogP contribution in [0.1, 0.15) is 13.3 Å². The van der Waals surface area contributed by atoms with E-state index in [1.54, 1.807) is 7.11 Å². The van der Waals surface area contributed by atoms with Crippen LogP contribution < -0.4 is 0 Å². The van der Waals surface area contributed by atoms with Crippen molar-refractivity contribution in [3.8, 4) is 6.07 Å². The molecule has 80 valence electrons. The second kappa shape index (κ2) is 3.80. The average molecular weight is 205 g/mol. The van der Waals surface area contributed by atoms with Gasteiger partial charge in [0.15, 0.2) is 0 Å². The van der Waals surface area contributed by atoms with Gasteiger partial charge in [0.25, 0.3) is 0 Å². The third kappa shape index (κ3) is 1.50. The monoisotopic (exact) mass is 205 g/mol. The molecule has 3 heteroatoms. The Morgan fingerprint density at radius 3 is 3.07 bits per heavy atom. The molecular weight excluding hydrogens is 190 g/mol. The highest BCUT2D eigenvalue weighted by Crippen LogP contribution is 2.48. The lowest BCUT2D eigenvalue weighted by Gasteiger charge is -2.52. The van der Waals surface area contributed by atoms with Crippen LogP contribution in [0.3, 0.4) is 0 Å². The molecule has 1 saturated carbocycles. The van der Waals surface area contributed by atoms with Crippen LogP contribution in [0.4, 0.5) is 0 Å². The molecule has 0 heterocycles. The van der Waals surface area contributed by atoms with Crippen LogP contribution in [0.25, 0.3) is 0 Å². The Balaban J connectivity index is 2.17. The van der Waals surface area contributed by atoms with Gasteiger partial charge in [-0.15, -0.1) is 0 Å². The maximum atomic E-state index is 8.84. The Bertz CT molecular complexity index is 353. The predicted octanol–water partition coefficient (Wildman–Crippen LogP) is 1.82. The van der Waals surface area contributed by atoms with E-state index in [1.807, 2.05) is 25.2 Å². The standard InChI is InChI=1S/C12H15NO2/c1-3-15-11-7-12(14-2)6-9(8-13)4-5-10(11)12/h4-6,10-11H,3,7H2,1-2H3. The largest absolute Gasteiger partial charge is 0.378 e. The molecule has 2 aliphatic rings. The van der Waals surface area contributed by atoms with Crippen LogP contribution >= 0.6 is 0 Å². The van der Waals surface area contributed by atoms with Gasteiger partial charge >= 0.3 is 0 Å². The maximum Gasteiger partial charge on any atom is 0.0989 e. The van der Waals surface area contributed by atoms with Gasteiger partial charge < -0.3 is 9.47 Å². The molecule has 0 aromatic rings. The topological polar surface area (TPSA) is 42.2 Å². The number of fused-ring (bicyclic) bond motifs is 1. The molecule has 0 amide bonds. The quantitative estimate of drug-likeness (QED) is 0.705. The van der Waals surface area contributed by atoms with Crippen LogP contribution in [0.15, 0.2) is 23.8 Å². The van der Waals surface area contributed by atoms with Gasteiger partial charge in [-0.05, 0) is 19.1 Å². The Labute approximate surface area is 90.0 Å². The molecule has 1 fully saturated rings. The zero-order chi connectivity index (χ0) is 10.9. The van der Waals surface area contributed by atoms with E-state index in [0.717, 1.165) is 13.0 Å². The van der Waals surface area contributed by atoms with Crippen molar-refractivity contribution in [2.75, 3.05) is 13.7 Å². The van der Waals surface area contributed by atoms with Gasteiger partial charge in [-0.1, -0.05) is 6.08 Å². The number of allylic oxidation sites excluding steroid dienone is 2. The van der Waals surface area contributed by atoms with Crippen molar-refractivity contribution in [1.29, 1.82) is 5.26 Å². The van der Waals surface area contributed by atoms with E-state index < -0.39 is 0 Å². The number of nitriles is 1. The van der Waals surface area contributed by atoms with E-state index in [9.17, 15) is 0 Å². The summed E-state index contributed by atoms with van der Waals surface area (Å²) < 4.78 is 11.1. The molecule has 3 unspecified atom stereocenters. The molecule has 3 atom stereocenters. The Morgan fingerprint density at radius 2 is 2.47 bits per heavy atom. The van der Waals surface area contributed by atoms with Crippen LogP contribution in [0.5, 0.6) is 0 Å². The molecule has 0 spiro atoms. The van der Waals surface area contributed by atoms with Crippen molar-refractivity contribution in [1.82, 2.24) is 0 Å². The zero-order valence-corrected chi connectivity index (χ0v) is 9.06. The van der Waals surface area contributed by atoms with Gasteiger partial charge in [0.2, 0.25) is 0 Å². The second-order valence-electron chi connectivity index (χ2n) is 3.95. The average Bonchev–Trinajstić information content (AvgIpc) is 2.25. The second-order valence-corrected chi connectivity index (χ2v) is 3.95. The van der Waals surface area contributed by atoms with Crippen molar-refractivity contribution in [3.05, 3.63) is 23.8 Å². The van der Waals surface area contributed by atoms with Crippen molar-refractivity contribution >= 4 is 0 Å². The fraction of sp³-hybridized carbons (Fsp3) is 0.583. The third-order valence-corrected chi connectivity index (χ3v) is 3.26. The molecule has 0 aromatic heterocycles. The first-order chi connectivity index (χ1) is 7.25. The van der Waals surface area contributed by atoms with Crippen molar-refractivity contribution < 1.29 is 9.47 Å². The normalized spacial score (nSPS) is 37.5. The molecular formula is C12H15NO2. The number of nitrogens with zero attached hydrogens (tertiary/aromatic N) is 1. The molecule has 0 saturated heterocycles. The Morgan fingerprint density at radius 1 is 1.67 bits per heavy atom. The van der Waals surface area contributed by atoms with Crippen LogP contribution in [0.2, 0.25) is 0 Å². The molecule has 2 rings (SSSR count). The molecule has 15 heavy (non-hydrogen) atoms. The molecule has 0 radical (unpaired) electrons. The van der Waals surface area contributed by atoms with Crippen molar-refractivity contribution in [2.45, 2.75) is 25.0 Å². The number of rotatable bonds is 3. The summed E-state index contributed by atoms with van der Waals surface area (Å²) in [5.41, 5.74) is 0.391. The molecule has 0 aromatic carbocycles. The molecule has 0 bridgehead atoms. The summed E-state index contributed by atoms with van der Waals surface area (Å²) in [4.78, 5) is 0. The maximum absolute atomic E-state index is 8.84. The van der Waals surface area contributed by atoms with Gasteiger partial charge in [-0.25, -0.2) is 0 Å². The van der Waals surface area contributed by atoms with E-state index in [2.05, 4.69) is 6.07 Å². The number of hydrogen-bond acceptors (Lipinski definition) is 3. The first-order valence-corrected chi connectivity index (χ1v) is 5.23. The lowest BCUT2D eigenvalue weighted by molar-refractivity contribution is -0.165. The molecule has 2 aliphatic carbocycles. The van der Waals surface area contributed by atoms with E-state index in [-0.39, 0.29) is 17.6 Å². The summed E-state index contributed by atoms with van der Waals surface area (Å²) in [7, 11) is 1.69. The molecule has 0 aliphatic heterocycles. The highest BCUT2D eigenvalue weighted by atomic mass is 16.5. The lowest BCUT2D eigenvalue weighted by Crippen LogP contribution is -2.58. The summed E-state index contributed by atoms with van der Waals surface area (Å²) in [6, 6.07) is 2.15. The molecule has 3 nitrogen and oxygen atoms in total. The van der Waals surface area contributed by atoms with Crippen molar-refractivity contribution in [2.24, 2.45) is 5.92 Å². The van der Waals surface area contributed by atoms with Gasteiger partial charge in [0.05, 0.1) is 23.3 Å². The van der Waals surface area contributed by atoms with Gasteiger partial charge in [-0.3, -0.25) is 0 Å². The highest BCUT2D eigenvalue weighted by molar-refractivity contribution is 5.43. The first-order valence-electron chi connectivity index (χ1n) is 5.23. The van der Waals surface area contributed by atoms with E-state index in [0.29, 0.717) is 5.57 Å². The number of hydrogen-bond donors (Lipinski definition) is 0. The minimum atomic E-state index is -0.292. The van der Waals surface area contributed by atoms with Crippen molar-refractivity contribution in [3.63, 3.8) is 0 Å². The fourth-order valence-corrected chi connectivity index (χ4v) is 2.42. The lowest BCUT2D eigenvalue weighted by atomic mass is 9.64. The minimum absolute atomic E-state index is 0.239. The minimum Gasteiger partial charge on any atom is -0.378 e. The summed E-state index contributed by atoms with van der Waals surface area (Å²) in [6.07, 6.45) is 6.90. The smallest absolute Gasteiger partial charge is 0.0989 e. The summed E-state index contributed by atoms with van der Waals surface area (Å²) in [5, 5.41) is 8.84. The number of ether oxygens (including phenoxy) is 2.